The van der Waals surface area contributed by atoms with Crippen LogP contribution in [0.4, 0.5) is 4.39 Å². The normalized spacial score (nSPS) is 16.6. The molecule has 2 aromatic heterocycles. The molecule has 2 aliphatic heterocycles. The Labute approximate surface area is 210 Å². The third kappa shape index (κ3) is 4.31. The number of rotatable bonds is 4. The first-order valence-corrected chi connectivity index (χ1v) is 12.0. The second-order valence-corrected chi connectivity index (χ2v) is 9.32. The molecule has 0 radical (unpaired) electrons. The number of aromatic nitrogens is 4. The van der Waals surface area contributed by atoms with Crippen molar-refractivity contribution in [2.75, 3.05) is 26.3 Å². The lowest BCUT2D eigenvalue weighted by atomic mass is 9.91. The predicted molar refractivity (Wildman–Crippen MR) is 131 cm³/mol. The molecule has 10 nitrogen and oxygen atoms in total. The van der Waals surface area contributed by atoms with E-state index in [1.807, 2.05) is 0 Å². The first kappa shape index (κ1) is 23.2. The summed E-state index contributed by atoms with van der Waals surface area (Å²) in [5.74, 6) is 0.654. The van der Waals surface area contributed by atoms with E-state index in [1.165, 1.54) is 33.9 Å². The lowest BCUT2D eigenvalue weighted by Gasteiger charge is -2.38. The number of hydrogen-bond donors (Lipinski definition) is 1. The highest BCUT2D eigenvalue weighted by Crippen LogP contribution is 2.32. The first-order chi connectivity index (χ1) is 17.9. The maximum Gasteiger partial charge on any atom is 0.264 e. The van der Waals surface area contributed by atoms with Gasteiger partial charge in [0.05, 0.1) is 24.0 Å². The Bertz CT molecular complexity index is 1540. The molecular weight excluding hydrogens is 481 g/mol. The van der Waals surface area contributed by atoms with E-state index < -0.39 is 5.60 Å². The fourth-order valence-corrected chi connectivity index (χ4v) is 4.79. The van der Waals surface area contributed by atoms with E-state index >= 15 is 0 Å². The quantitative estimate of drug-likeness (QED) is 0.452. The van der Waals surface area contributed by atoms with Crippen LogP contribution in [0.1, 0.15) is 23.2 Å². The molecule has 11 heteroatoms. The molecule has 1 saturated heterocycles. The number of amides is 1. The summed E-state index contributed by atoms with van der Waals surface area (Å²) in [4.78, 5) is 32.3. The summed E-state index contributed by atoms with van der Waals surface area (Å²) >= 11 is 0. The van der Waals surface area contributed by atoms with E-state index in [-0.39, 0.29) is 23.8 Å². The average molecular weight is 506 g/mol. The van der Waals surface area contributed by atoms with Crippen LogP contribution < -0.4 is 15.0 Å². The summed E-state index contributed by atoms with van der Waals surface area (Å²) in [6, 6.07) is 10.9. The van der Waals surface area contributed by atoms with E-state index in [9.17, 15) is 19.1 Å². The number of hydrogen-bond acceptors (Lipinski definition) is 7. The van der Waals surface area contributed by atoms with Crippen molar-refractivity contribution < 1.29 is 23.8 Å². The predicted octanol–water partition coefficient (Wildman–Crippen LogP) is 2.16. The fraction of sp³-hybridized carbons (Fsp3) is 0.308. The number of nitrogens with zero attached hydrogens (tertiary/aromatic N) is 5. The number of aliphatic hydroxyl groups is 1. The Hall–Kier alpha value is -4.25. The number of likely N-dealkylation sites (tertiary alicyclic amines) is 1. The van der Waals surface area contributed by atoms with Crippen LogP contribution >= 0.6 is 0 Å². The van der Waals surface area contributed by atoms with Gasteiger partial charge in [0, 0.05) is 18.7 Å². The molecule has 1 N–H and O–H groups in total. The van der Waals surface area contributed by atoms with Gasteiger partial charge in [-0.05, 0) is 55.3 Å². The lowest BCUT2D eigenvalue weighted by Crippen LogP contribution is -2.49. The molecule has 1 fully saturated rings. The minimum absolute atomic E-state index is 0.0442. The number of fused-ring (bicyclic) bond motifs is 2. The topological polar surface area (TPSA) is 112 Å². The van der Waals surface area contributed by atoms with Crippen LogP contribution in [-0.4, -0.2) is 67.1 Å². The first-order valence-electron chi connectivity index (χ1n) is 12.0. The van der Waals surface area contributed by atoms with E-state index in [2.05, 4.69) is 10.1 Å². The fourth-order valence-electron chi connectivity index (χ4n) is 4.79. The van der Waals surface area contributed by atoms with Crippen molar-refractivity contribution in [2.24, 2.45) is 0 Å². The van der Waals surface area contributed by atoms with Crippen LogP contribution in [0.2, 0.25) is 0 Å². The van der Waals surface area contributed by atoms with Gasteiger partial charge >= 0.3 is 0 Å². The van der Waals surface area contributed by atoms with Gasteiger partial charge < -0.3 is 19.5 Å². The third-order valence-electron chi connectivity index (χ3n) is 6.86. The summed E-state index contributed by atoms with van der Waals surface area (Å²) in [6.07, 6.45) is 3.42. The van der Waals surface area contributed by atoms with Crippen LogP contribution in [0.5, 0.6) is 11.5 Å². The van der Waals surface area contributed by atoms with Crippen molar-refractivity contribution in [3.63, 3.8) is 0 Å². The average Bonchev–Trinajstić information content (AvgIpc) is 3.35. The smallest absolute Gasteiger partial charge is 0.264 e. The summed E-state index contributed by atoms with van der Waals surface area (Å²) in [7, 11) is 0. The molecule has 0 spiro atoms. The van der Waals surface area contributed by atoms with Crippen molar-refractivity contribution in [1.29, 1.82) is 0 Å². The van der Waals surface area contributed by atoms with E-state index in [1.54, 1.807) is 35.2 Å². The zero-order chi connectivity index (χ0) is 25.6. The van der Waals surface area contributed by atoms with Crippen LogP contribution in [0, 0.1) is 5.82 Å². The molecule has 37 heavy (non-hydrogen) atoms. The van der Waals surface area contributed by atoms with Gasteiger partial charge in [0.15, 0.2) is 17.1 Å². The molecular formula is C26H24FN5O5. The Kier molecular flexibility index (Phi) is 5.64. The summed E-state index contributed by atoms with van der Waals surface area (Å²) in [5, 5.41) is 15.8. The van der Waals surface area contributed by atoms with Crippen LogP contribution in [-0.2, 0) is 6.54 Å². The Morgan fingerprint density at radius 2 is 1.78 bits per heavy atom. The van der Waals surface area contributed by atoms with Gasteiger partial charge in [-0.15, -0.1) is 0 Å². The summed E-state index contributed by atoms with van der Waals surface area (Å²) < 4.78 is 27.2. The molecule has 0 saturated carbocycles. The van der Waals surface area contributed by atoms with Gasteiger partial charge in [0.25, 0.3) is 11.5 Å². The van der Waals surface area contributed by atoms with Gasteiger partial charge in [-0.25, -0.2) is 14.1 Å². The van der Waals surface area contributed by atoms with Gasteiger partial charge in [-0.1, -0.05) is 0 Å². The van der Waals surface area contributed by atoms with Crippen molar-refractivity contribution >= 4 is 16.9 Å². The molecule has 0 atom stereocenters. The van der Waals surface area contributed by atoms with E-state index in [0.717, 1.165) is 0 Å². The van der Waals surface area contributed by atoms with Crippen molar-refractivity contribution in [3.05, 3.63) is 76.7 Å². The molecule has 190 valence electrons. The van der Waals surface area contributed by atoms with Crippen molar-refractivity contribution in [2.45, 2.75) is 25.0 Å². The minimum Gasteiger partial charge on any atom is -0.486 e. The molecule has 0 unspecified atom stereocenters. The molecule has 4 aromatic rings. The van der Waals surface area contributed by atoms with Crippen LogP contribution in [0.3, 0.4) is 0 Å². The standard InChI is InChI=1S/C26H24FN5O5/c27-18-2-4-19(5-3-18)32-23-20(14-29-32)25(34)31(16-28-23)15-26(35)7-9-30(10-8-26)24(33)17-1-6-21-22(13-17)37-12-11-36-21/h1-6,13-14,16,35H,7-12,15H2. The van der Waals surface area contributed by atoms with Crippen LogP contribution in [0.25, 0.3) is 16.7 Å². The van der Waals surface area contributed by atoms with Gasteiger partial charge in [0.1, 0.15) is 30.7 Å². The lowest BCUT2D eigenvalue weighted by molar-refractivity contribution is -0.0299. The molecule has 1 amide bonds. The number of halogens is 1. The molecule has 4 heterocycles. The zero-order valence-electron chi connectivity index (χ0n) is 19.8. The molecule has 2 aromatic carbocycles. The number of benzene rings is 2. The molecule has 2 aliphatic rings. The number of carbonyl (C=O) groups is 1. The summed E-state index contributed by atoms with van der Waals surface area (Å²) in [5.41, 5.74) is -0.0786. The highest BCUT2D eigenvalue weighted by Gasteiger charge is 2.35. The Morgan fingerprint density at radius 3 is 2.54 bits per heavy atom. The monoisotopic (exact) mass is 505 g/mol. The second kappa shape index (κ2) is 9.00. The van der Waals surface area contributed by atoms with E-state index in [4.69, 9.17) is 9.47 Å². The second-order valence-electron chi connectivity index (χ2n) is 9.32. The largest absolute Gasteiger partial charge is 0.486 e. The highest BCUT2D eigenvalue weighted by molar-refractivity contribution is 5.95. The molecule has 0 aliphatic carbocycles. The van der Waals surface area contributed by atoms with Crippen molar-refractivity contribution in [1.82, 2.24) is 24.2 Å². The SMILES string of the molecule is O=C(c1ccc2c(c1)OCCO2)N1CCC(O)(Cn2cnc3c(cnn3-c3ccc(F)cc3)c2=O)CC1. The maximum atomic E-state index is 13.3. The Morgan fingerprint density at radius 1 is 1.05 bits per heavy atom. The van der Waals surface area contributed by atoms with Gasteiger partial charge in [0.2, 0.25) is 0 Å². The molecule has 6 rings (SSSR count). The highest BCUT2D eigenvalue weighted by atomic mass is 19.1. The number of ether oxygens (including phenoxy) is 2. The maximum absolute atomic E-state index is 13.3. The zero-order valence-corrected chi connectivity index (χ0v) is 19.8. The molecule has 0 bridgehead atoms. The summed E-state index contributed by atoms with van der Waals surface area (Å²) in [6.45, 7) is 1.65. The van der Waals surface area contributed by atoms with Gasteiger partial charge in [-0.2, -0.15) is 5.10 Å². The minimum atomic E-state index is -1.17. The number of piperidine rings is 1. The Balaban J connectivity index is 1.16. The van der Waals surface area contributed by atoms with E-state index in [0.29, 0.717) is 72.9 Å². The number of carbonyl (C=O) groups excluding carboxylic acids is 1. The van der Waals surface area contributed by atoms with Crippen LogP contribution in [0.15, 0.2) is 59.8 Å². The van der Waals surface area contributed by atoms with Gasteiger partial charge in [-0.3, -0.25) is 14.2 Å². The van der Waals surface area contributed by atoms with Crippen molar-refractivity contribution in [3.8, 4) is 17.2 Å². The third-order valence-corrected chi connectivity index (χ3v) is 6.86.